The van der Waals surface area contributed by atoms with Crippen LogP contribution in [0.1, 0.15) is 25.5 Å². The van der Waals surface area contributed by atoms with Gasteiger partial charge >= 0.3 is 0 Å². The third-order valence-corrected chi connectivity index (χ3v) is 7.44. The Labute approximate surface area is 209 Å². The highest BCUT2D eigenvalue weighted by molar-refractivity contribution is 8.18. The lowest BCUT2D eigenvalue weighted by Gasteiger charge is -2.36. The van der Waals surface area contributed by atoms with E-state index in [9.17, 15) is 14.4 Å². The zero-order valence-electron chi connectivity index (χ0n) is 19.9. The fraction of sp³-hybridized carbons (Fsp3) is 0.296. The molecule has 0 unspecified atom stereocenters. The molecule has 180 valence electrons. The van der Waals surface area contributed by atoms with Crippen LogP contribution in [-0.4, -0.2) is 64.1 Å². The number of nitrogens with zero attached hydrogens (tertiary/aromatic N) is 4. The molecule has 0 N–H and O–H groups in total. The molecule has 0 atom stereocenters. The number of para-hydroxylation sites is 2. The largest absolute Gasteiger partial charge is 0.368 e. The predicted molar refractivity (Wildman–Crippen MR) is 140 cm³/mol. The predicted octanol–water partition coefficient (Wildman–Crippen LogP) is 4.61. The van der Waals surface area contributed by atoms with Crippen LogP contribution >= 0.6 is 11.8 Å². The molecule has 2 aliphatic heterocycles. The Balaban J connectivity index is 1.27. The second-order valence-corrected chi connectivity index (χ2v) is 10.1. The number of amides is 3. The zero-order chi connectivity index (χ0) is 24.5. The van der Waals surface area contributed by atoms with Gasteiger partial charge in [0.1, 0.15) is 6.54 Å². The van der Waals surface area contributed by atoms with Gasteiger partial charge in [-0.1, -0.05) is 36.4 Å². The number of hydrogen-bond acceptors (Lipinski definition) is 5. The molecule has 2 fully saturated rings. The van der Waals surface area contributed by atoms with Crippen molar-refractivity contribution in [2.24, 2.45) is 0 Å². The van der Waals surface area contributed by atoms with Gasteiger partial charge in [0.25, 0.3) is 11.1 Å². The maximum Gasteiger partial charge on any atom is 0.294 e. The minimum Gasteiger partial charge on any atom is -0.368 e. The van der Waals surface area contributed by atoms with Crippen LogP contribution in [-0.2, 0) is 9.59 Å². The Morgan fingerprint density at radius 2 is 1.66 bits per heavy atom. The van der Waals surface area contributed by atoms with E-state index < -0.39 is 11.1 Å². The lowest BCUT2D eigenvalue weighted by atomic mass is 10.1. The summed E-state index contributed by atoms with van der Waals surface area (Å²) in [7, 11) is 0. The van der Waals surface area contributed by atoms with Crippen molar-refractivity contribution >= 4 is 51.5 Å². The molecule has 0 bridgehead atoms. The van der Waals surface area contributed by atoms with Crippen molar-refractivity contribution in [2.45, 2.75) is 19.9 Å². The highest BCUT2D eigenvalue weighted by Crippen LogP contribution is 2.34. The van der Waals surface area contributed by atoms with Gasteiger partial charge < -0.3 is 14.4 Å². The standard InChI is InChI=1S/C27H28N4O3S/c1-19(2)30-17-20(22-10-6-7-11-23(22)30)16-24-26(33)31(27(34)35-24)18-25(32)29-14-12-28(13-15-29)21-8-4-3-5-9-21/h3-11,16-17,19H,12-15,18H2,1-2H3/b24-16+. The average molecular weight is 489 g/mol. The smallest absolute Gasteiger partial charge is 0.294 e. The van der Waals surface area contributed by atoms with Gasteiger partial charge in [-0.15, -0.1) is 0 Å². The number of carbonyl (C=O) groups excluding carboxylic acids is 3. The lowest BCUT2D eigenvalue weighted by molar-refractivity contribution is -0.136. The molecule has 8 heteroatoms. The van der Waals surface area contributed by atoms with Crippen molar-refractivity contribution in [3.8, 4) is 0 Å². The van der Waals surface area contributed by atoms with E-state index in [4.69, 9.17) is 0 Å². The van der Waals surface area contributed by atoms with E-state index in [-0.39, 0.29) is 18.5 Å². The highest BCUT2D eigenvalue weighted by Gasteiger charge is 2.37. The summed E-state index contributed by atoms with van der Waals surface area (Å²) in [5.41, 5.74) is 3.11. The normalized spacial score (nSPS) is 17.9. The summed E-state index contributed by atoms with van der Waals surface area (Å²) in [6, 6.07) is 18.4. The topological polar surface area (TPSA) is 65.9 Å². The highest BCUT2D eigenvalue weighted by atomic mass is 32.2. The monoisotopic (exact) mass is 488 g/mol. The van der Waals surface area contributed by atoms with Crippen molar-refractivity contribution in [2.75, 3.05) is 37.6 Å². The van der Waals surface area contributed by atoms with Gasteiger partial charge in [0, 0.05) is 60.6 Å². The summed E-state index contributed by atoms with van der Waals surface area (Å²) in [6.07, 6.45) is 3.79. The maximum absolute atomic E-state index is 13.1. The summed E-state index contributed by atoms with van der Waals surface area (Å²) >= 11 is 0.899. The average Bonchev–Trinajstić information content (AvgIpc) is 3.37. The number of hydrogen-bond donors (Lipinski definition) is 0. The van der Waals surface area contributed by atoms with E-state index in [2.05, 4.69) is 41.5 Å². The van der Waals surface area contributed by atoms with Crippen LogP contribution in [0.3, 0.4) is 0 Å². The molecule has 0 aliphatic carbocycles. The van der Waals surface area contributed by atoms with Crippen molar-refractivity contribution < 1.29 is 14.4 Å². The van der Waals surface area contributed by atoms with Crippen LogP contribution in [0.25, 0.3) is 17.0 Å². The van der Waals surface area contributed by atoms with Crippen LogP contribution in [0.5, 0.6) is 0 Å². The molecule has 0 radical (unpaired) electrons. The Kier molecular flexibility index (Phi) is 6.38. The Hall–Kier alpha value is -3.52. The summed E-state index contributed by atoms with van der Waals surface area (Å²) < 4.78 is 2.16. The fourth-order valence-electron chi connectivity index (χ4n) is 4.64. The third-order valence-electron chi connectivity index (χ3n) is 6.54. The Morgan fingerprint density at radius 1 is 0.971 bits per heavy atom. The van der Waals surface area contributed by atoms with Gasteiger partial charge in [-0.2, -0.15) is 0 Å². The zero-order valence-corrected chi connectivity index (χ0v) is 20.7. The maximum atomic E-state index is 13.1. The number of fused-ring (bicyclic) bond motifs is 1. The fourth-order valence-corrected chi connectivity index (χ4v) is 5.47. The summed E-state index contributed by atoms with van der Waals surface area (Å²) in [6.45, 7) is 6.56. The molecule has 7 nitrogen and oxygen atoms in total. The van der Waals surface area contributed by atoms with Crippen LogP contribution < -0.4 is 4.90 Å². The molecule has 2 aromatic carbocycles. The molecule has 1 aromatic heterocycles. The molecular formula is C27H28N4O3S. The summed E-state index contributed by atoms with van der Waals surface area (Å²) in [5.74, 6) is -0.602. The molecule has 3 heterocycles. The molecule has 0 saturated carbocycles. The van der Waals surface area contributed by atoms with Crippen molar-refractivity contribution in [3.05, 3.63) is 71.3 Å². The van der Waals surface area contributed by atoms with Crippen LogP contribution in [0.4, 0.5) is 10.5 Å². The first kappa shape index (κ1) is 23.2. The number of imide groups is 1. The van der Waals surface area contributed by atoms with E-state index in [1.807, 2.05) is 42.6 Å². The minimum absolute atomic E-state index is 0.197. The van der Waals surface area contributed by atoms with E-state index in [1.54, 1.807) is 11.0 Å². The molecule has 2 saturated heterocycles. The summed E-state index contributed by atoms with van der Waals surface area (Å²) in [4.78, 5) is 44.1. The molecule has 3 amide bonds. The first-order valence-electron chi connectivity index (χ1n) is 11.8. The van der Waals surface area contributed by atoms with Gasteiger partial charge in [-0.25, -0.2) is 0 Å². The van der Waals surface area contributed by atoms with Crippen LogP contribution in [0, 0.1) is 0 Å². The summed E-state index contributed by atoms with van der Waals surface area (Å²) in [5, 5.41) is 0.630. The Morgan fingerprint density at radius 3 is 2.37 bits per heavy atom. The van der Waals surface area contributed by atoms with E-state index in [0.29, 0.717) is 18.0 Å². The van der Waals surface area contributed by atoms with Crippen molar-refractivity contribution in [1.29, 1.82) is 0 Å². The SMILES string of the molecule is CC(C)n1cc(/C=C2/SC(=O)N(CC(=O)N3CCN(c4ccccc4)CC3)C2=O)c2ccccc21. The van der Waals surface area contributed by atoms with Crippen LogP contribution in [0.2, 0.25) is 0 Å². The quantitative estimate of drug-likeness (QED) is 0.491. The number of thioether (sulfide) groups is 1. The Bertz CT molecular complexity index is 1310. The molecule has 0 spiro atoms. The van der Waals surface area contributed by atoms with Crippen molar-refractivity contribution in [1.82, 2.24) is 14.4 Å². The molecule has 3 aromatic rings. The third kappa shape index (κ3) is 4.58. The van der Waals surface area contributed by atoms with Gasteiger partial charge in [-0.05, 0) is 49.9 Å². The molecule has 35 heavy (non-hydrogen) atoms. The lowest BCUT2D eigenvalue weighted by Crippen LogP contribution is -2.51. The number of piperazine rings is 1. The van der Waals surface area contributed by atoms with Gasteiger partial charge in [0.05, 0.1) is 4.91 Å². The van der Waals surface area contributed by atoms with E-state index in [1.165, 1.54) is 0 Å². The first-order chi connectivity index (χ1) is 16.9. The second kappa shape index (κ2) is 9.62. The number of aromatic nitrogens is 1. The van der Waals surface area contributed by atoms with E-state index >= 15 is 0 Å². The second-order valence-electron chi connectivity index (χ2n) is 9.07. The number of benzene rings is 2. The van der Waals surface area contributed by atoms with Crippen molar-refractivity contribution in [3.63, 3.8) is 0 Å². The van der Waals surface area contributed by atoms with Gasteiger partial charge in [0.2, 0.25) is 5.91 Å². The van der Waals surface area contributed by atoms with Crippen LogP contribution in [0.15, 0.2) is 65.7 Å². The first-order valence-corrected chi connectivity index (χ1v) is 12.7. The van der Waals surface area contributed by atoms with E-state index in [0.717, 1.165) is 51.9 Å². The molecule has 5 rings (SSSR count). The van der Waals surface area contributed by atoms with Gasteiger partial charge in [-0.3, -0.25) is 19.3 Å². The number of carbonyl (C=O) groups is 3. The molecule has 2 aliphatic rings. The van der Waals surface area contributed by atoms with Gasteiger partial charge in [0.15, 0.2) is 0 Å². The number of rotatable bonds is 5. The number of anilines is 1. The minimum atomic E-state index is -0.405. The molecular weight excluding hydrogens is 460 g/mol.